The molecule has 0 saturated heterocycles. The van der Waals surface area contributed by atoms with Gasteiger partial charge in [-0.1, -0.05) is 12.1 Å². The number of benzene rings is 2. The fraction of sp³-hybridized carbons (Fsp3) is 0.381. The van der Waals surface area contributed by atoms with Crippen molar-refractivity contribution in [3.8, 4) is 0 Å². The van der Waals surface area contributed by atoms with Gasteiger partial charge in [0.15, 0.2) is 11.6 Å². The maximum absolute atomic E-state index is 13.4. The normalized spacial score (nSPS) is 17.7. The van der Waals surface area contributed by atoms with Crippen LogP contribution >= 0.6 is 0 Å². The molecule has 28 heavy (non-hydrogen) atoms. The molecule has 1 aliphatic carbocycles. The Morgan fingerprint density at radius 1 is 1.18 bits per heavy atom. The van der Waals surface area contributed by atoms with Crippen molar-refractivity contribution < 1.29 is 18.1 Å². The molecule has 2 atom stereocenters. The third kappa shape index (κ3) is 4.54. The van der Waals surface area contributed by atoms with Crippen LogP contribution in [0.25, 0.3) is 0 Å². The molecule has 3 rings (SSSR count). The van der Waals surface area contributed by atoms with Gasteiger partial charge in [0, 0.05) is 28.7 Å². The van der Waals surface area contributed by atoms with Gasteiger partial charge in [0.2, 0.25) is 0 Å². The Morgan fingerprint density at radius 3 is 2.61 bits per heavy atom. The Labute approximate surface area is 167 Å². The molecule has 0 fully saturated rings. The molecule has 4 nitrogen and oxygen atoms in total. The van der Waals surface area contributed by atoms with E-state index in [-0.39, 0.29) is 22.4 Å². The number of hydrogen-bond donors (Lipinski definition) is 2. The lowest BCUT2D eigenvalue weighted by molar-refractivity contribution is 0.102. The molecular weight excluding hydrogens is 382 g/mol. The van der Waals surface area contributed by atoms with Crippen molar-refractivity contribution in [3.05, 3.63) is 64.7 Å². The average Bonchev–Trinajstić information content (AvgIpc) is 2.63. The number of hydrogen-bond acceptors (Lipinski definition) is 3. The molecular formula is C21H24F2N2O2S. The van der Waals surface area contributed by atoms with Gasteiger partial charge in [0.05, 0.1) is 6.04 Å². The Bertz CT molecular complexity index is 883. The van der Waals surface area contributed by atoms with E-state index in [0.29, 0.717) is 5.56 Å². The van der Waals surface area contributed by atoms with Gasteiger partial charge >= 0.3 is 0 Å². The number of halogens is 2. The first kappa shape index (κ1) is 20.8. The summed E-state index contributed by atoms with van der Waals surface area (Å²) in [6.45, 7) is 5.72. The molecule has 2 aromatic carbocycles. The van der Waals surface area contributed by atoms with Crippen LogP contribution < -0.4 is 10.0 Å². The first-order valence-electron chi connectivity index (χ1n) is 9.23. The molecule has 2 aromatic rings. The molecule has 0 aromatic heterocycles. The number of nitrogens with one attached hydrogen (secondary N) is 2. The van der Waals surface area contributed by atoms with Gasteiger partial charge in [0.25, 0.3) is 5.91 Å². The number of rotatable bonds is 4. The van der Waals surface area contributed by atoms with Crippen LogP contribution in [0.2, 0.25) is 0 Å². The van der Waals surface area contributed by atoms with Gasteiger partial charge < -0.3 is 9.87 Å². The van der Waals surface area contributed by atoms with E-state index in [0.717, 1.165) is 42.5 Å². The molecule has 1 aliphatic rings. The second-order valence-electron chi connectivity index (χ2n) is 7.90. The molecule has 2 N–H and O–H groups in total. The highest BCUT2D eigenvalue weighted by molar-refractivity contribution is 7.90. The van der Waals surface area contributed by atoms with Gasteiger partial charge in [-0.3, -0.25) is 4.79 Å². The van der Waals surface area contributed by atoms with E-state index in [1.165, 1.54) is 6.07 Å². The van der Waals surface area contributed by atoms with E-state index in [9.17, 15) is 18.1 Å². The van der Waals surface area contributed by atoms with Crippen molar-refractivity contribution in [1.29, 1.82) is 0 Å². The summed E-state index contributed by atoms with van der Waals surface area (Å²) < 4.78 is 41.8. The summed E-state index contributed by atoms with van der Waals surface area (Å²) in [7, 11) is 0. The summed E-state index contributed by atoms with van der Waals surface area (Å²) >= 11 is -1.22. The van der Waals surface area contributed by atoms with E-state index in [1.54, 1.807) is 12.1 Å². The molecule has 0 bridgehead atoms. The highest BCUT2D eigenvalue weighted by Crippen LogP contribution is 2.34. The number of anilines is 1. The van der Waals surface area contributed by atoms with Crippen LogP contribution in [0.15, 0.2) is 36.4 Å². The highest BCUT2D eigenvalue weighted by Gasteiger charge is 2.32. The van der Waals surface area contributed by atoms with Crippen LogP contribution in [0.1, 0.15) is 61.1 Å². The number of carbonyl (C=O) groups excluding carboxylic acids is 1. The lowest BCUT2D eigenvalue weighted by Gasteiger charge is -2.31. The zero-order valence-corrected chi connectivity index (χ0v) is 17.0. The summed E-state index contributed by atoms with van der Waals surface area (Å²) in [6, 6.07) is 8.62. The average molecular weight is 406 g/mol. The van der Waals surface area contributed by atoms with Crippen LogP contribution in [0.3, 0.4) is 0 Å². The second-order valence-corrected chi connectivity index (χ2v) is 9.90. The fourth-order valence-electron chi connectivity index (χ4n) is 3.26. The minimum absolute atomic E-state index is 0.0974. The zero-order chi connectivity index (χ0) is 20.5. The first-order chi connectivity index (χ1) is 13.2. The minimum atomic E-state index is -1.22. The summed E-state index contributed by atoms with van der Waals surface area (Å²) in [6.07, 6.45) is 2.43. The molecule has 150 valence electrons. The summed E-state index contributed by atoms with van der Waals surface area (Å²) in [5.41, 5.74) is 2.55. The predicted octanol–water partition coefficient (Wildman–Crippen LogP) is 4.65. The lowest BCUT2D eigenvalue weighted by Crippen LogP contribution is -2.42. The maximum atomic E-state index is 13.4. The molecule has 2 unspecified atom stereocenters. The fourth-order valence-corrected chi connectivity index (χ4v) is 4.12. The Hall–Kier alpha value is -1.96. The van der Waals surface area contributed by atoms with Crippen LogP contribution in [0.5, 0.6) is 0 Å². The molecule has 7 heteroatoms. The van der Waals surface area contributed by atoms with Crippen molar-refractivity contribution in [2.45, 2.75) is 50.8 Å². The van der Waals surface area contributed by atoms with E-state index >= 15 is 0 Å². The second kappa shape index (κ2) is 8.19. The van der Waals surface area contributed by atoms with Crippen molar-refractivity contribution in [2.75, 3.05) is 5.32 Å². The Balaban J connectivity index is 1.85. The van der Waals surface area contributed by atoms with Crippen LogP contribution in [0, 0.1) is 11.6 Å². The van der Waals surface area contributed by atoms with E-state index in [1.807, 2.05) is 26.8 Å². The first-order valence-corrected chi connectivity index (χ1v) is 10.4. The van der Waals surface area contributed by atoms with Gasteiger partial charge in [-0.25, -0.2) is 8.78 Å². The van der Waals surface area contributed by atoms with Gasteiger partial charge in [0.1, 0.15) is 4.75 Å². The van der Waals surface area contributed by atoms with E-state index in [2.05, 4.69) is 10.0 Å². The summed E-state index contributed by atoms with van der Waals surface area (Å²) in [5.74, 6) is -2.35. The van der Waals surface area contributed by atoms with E-state index < -0.39 is 23.0 Å². The summed E-state index contributed by atoms with van der Waals surface area (Å²) in [5, 5.41) is 2.63. The monoisotopic (exact) mass is 406 g/mol. The van der Waals surface area contributed by atoms with Crippen LogP contribution in [-0.2, 0) is 17.8 Å². The number of fused-ring (bicyclic) bond motifs is 1. The van der Waals surface area contributed by atoms with Crippen LogP contribution in [0.4, 0.5) is 14.5 Å². The van der Waals surface area contributed by atoms with Crippen molar-refractivity contribution in [3.63, 3.8) is 0 Å². The smallest absolute Gasteiger partial charge is 0.255 e. The molecule has 0 aliphatic heterocycles. The molecule has 0 spiro atoms. The third-order valence-corrected chi connectivity index (χ3v) is 6.35. The lowest BCUT2D eigenvalue weighted by atomic mass is 9.85. The van der Waals surface area contributed by atoms with Gasteiger partial charge in [-0.15, -0.1) is 4.72 Å². The largest absolute Gasteiger partial charge is 0.598 e. The Kier molecular flexibility index (Phi) is 6.07. The van der Waals surface area contributed by atoms with Crippen molar-refractivity contribution in [1.82, 2.24) is 4.72 Å². The molecule has 0 radical (unpaired) electrons. The zero-order valence-electron chi connectivity index (χ0n) is 16.1. The minimum Gasteiger partial charge on any atom is -0.598 e. The molecule has 1 amide bonds. The SMILES string of the molecule is CC(C)(C)[S+]([O-])NC1CCCc2c(C(=O)Nc3ccc(F)c(F)c3)cccc21. The van der Waals surface area contributed by atoms with Crippen LogP contribution in [-0.4, -0.2) is 15.2 Å². The van der Waals surface area contributed by atoms with E-state index in [4.69, 9.17) is 0 Å². The highest BCUT2D eigenvalue weighted by atomic mass is 32.2. The third-order valence-electron chi connectivity index (χ3n) is 4.73. The maximum Gasteiger partial charge on any atom is 0.255 e. The standard InChI is InChI=1S/C21H24F2N2O2S/c1-21(2,3)28(27)25-19-9-5-6-14-15(19)7-4-8-16(14)20(26)24-13-10-11-17(22)18(23)12-13/h4,7-8,10-12,19,25H,5-6,9H2,1-3H3,(H,24,26). The predicted molar refractivity (Wildman–Crippen MR) is 107 cm³/mol. The van der Waals surface area contributed by atoms with Gasteiger partial charge in [-0.2, -0.15) is 0 Å². The quantitative estimate of drug-likeness (QED) is 0.727. The number of amides is 1. The summed E-state index contributed by atoms with van der Waals surface area (Å²) in [4.78, 5) is 12.8. The molecule has 0 saturated carbocycles. The Morgan fingerprint density at radius 2 is 1.93 bits per heavy atom. The molecule has 0 heterocycles. The van der Waals surface area contributed by atoms with Crippen molar-refractivity contribution >= 4 is 23.0 Å². The topological polar surface area (TPSA) is 64.2 Å². The van der Waals surface area contributed by atoms with Gasteiger partial charge in [-0.05, 0) is 69.4 Å². The number of carbonyl (C=O) groups is 1. The van der Waals surface area contributed by atoms with Crippen molar-refractivity contribution in [2.24, 2.45) is 0 Å².